The van der Waals surface area contributed by atoms with E-state index in [2.05, 4.69) is 41.4 Å². The lowest BCUT2D eigenvalue weighted by molar-refractivity contribution is 0.627. The largest absolute Gasteiger partial charge is 0.335 e. The van der Waals surface area contributed by atoms with E-state index in [9.17, 15) is 4.39 Å². The van der Waals surface area contributed by atoms with Crippen molar-refractivity contribution >= 4 is 22.7 Å². The molecule has 158 valence electrons. The van der Waals surface area contributed by atoms with Gasteiger partial charge in [0.25, 0.3) is 0 Å². The van der Waals surface area contributed by atoms with Gasteiger partial charge >= 0.3 is 0 Å². The minimum Gasteiger partial charge on any atom is -0.335 e. The molecule has 3 aromatic carbocycles. The quantitative estimate of drug-likeness (QED) is 0.283. The molecule has 7 heteroatoms. The number of nitrogens with zero attached hydrogens (tertiary/aromatic N) is 4. The van der Waals surface area contributed by atoms with Gasteiger partial charge in [0, 0.05) is 22.3 Å². The van der Waals surface area contributed by atoms with Gasteiger partial charge in [-0.2, -0.15) is 0 Å². The Hall–Kier alpha value is -3.71. The van der Waals surface area contributed by atoms with E-state index in [1.165, 1.54) is 34.1 Å². The van der Waals surface area contributed by atoms with Crippen molar-refractivity contribution in [3.63, 3.8) is 0 Å². The third-order valence-electron chi connectivity index (χ3n) is 5.25. The summed E-state index contributed by atoms with van der Waals surface area (Å²) >= 11 is 1.46. The zero-order chi connectivity index (χ0) is 22.1. The van der Waals surface area contributed by atoms with Crippen LogP contribution >= 0.6 is 11.8 Å². The molecular formula is C25H20FN5S. The molecule has 0 amide bonds. The second-order valence-corrected chi connectivity index (χ2v) is 8.47. The van der Waals surface area contributed by atoms with Gasteiger partial charge in [-0.05, 0) is 36.8 Å². The summed E-state index contributed by atoms with van der Waals surface area (Å²) in [6, 6.07) is 24.6. The molecule has 2 N–H and O–H groups in total. The predicted octanol–water partition coefficient (Wildman–Crippen LogP) is 5.61. The van der Waals surface area contributed by atoms with E-state index in [0.29, 0.717) is 16.7 Å². The molecule has 0 fully saturated rings. The maximum atomic E-state index is 13.1. The molecule has 0 aliphatic rings. The van der Waals surface area contributed by atoms with Crippen LogP contribution in [0.3, 0.4) is 0 Å². The third kappa shape index (κ3) is 3.94. The molecule has 0 saturated heterocycles. The number of para-hydroxylation sites is 1. The first kappa shape index (κ1) is 20.2. The molecule has 0 saturated carbocycles. The van der Waals surface area contributed by atoms with Gasteiger partial charge < -0.3 is 5.84 Å². The van der Waals surface area contributed by atoms with Gasteiger partial charge in [0.05, 0.1) is 11.2 Å². The number of aryl methyl sites for hydroxylation is 1. The van der Waals surface area contributed by atoms with E-state index in [1.807, 2.05) is 30.3 Å². The number of fused-ring (bicyclic) bond motifs is 1. The van der Waals surface area contributed by atoms with Crippen molar-refractivity contribution in [3.05, 3.63) is 95.8 Å². The molecule has 0 unspecified atom stereocenters. The maximum absolute atomic E-state index is 13.1. The number of pyridine rings is 1. The highest BCUT2D eigenvalue weighted by Crippen LogP contribution is 2.32. The monoisotopic (exact) mass is 441 g/mol. The fourth-order valence-electron chi connectivity index (χ4n) is 3.52. The standard InChI is InChI=1S/C25H20FN5S/c1-16-6-10-18(11-7-16)23-14-21(20-4-2-3-5-22(20)28-23)24-29-30-25(31(24)27)32-15-17-8-12-19(26)13-9-17/h2-14H,15,27H2,1H3. The Morgan fingerprint density at radius 2 is 1.69 bits per heavy atom. The van der Waals surface area contributed by atoms with Crippen molar-refractivity contribution < 1.29 is 4.39 Å². The number of halogens is 1. The first-order chi connectivity index (χ1) is 15.6. The van der Waals surface area contributed by atoms with Crippen LogP contribution in [0.5, 0.6) is 0 Å². The van der Waals surface area contributed by atoms with Crippen molar-refractivity contribution in [2.75, 3.05) is 5.84 Å². The van der Waals surface area contributed by atoms with E-state index in [1.54, 1.807) is 12.1 Å². The van der Waals surface area contributed by atoms with E-state index in [4.69, 9.17) is 10.8 Å². The number of rotatable bonds is 5. The minimum absolute atomic E-state index is 0.253. The van der Waals surface area contributed by atoms with Crippen LogP contribution in [0.1, 0.15) is 11.1 Å². The highest BCUT2D eigenvalue weighted by molar-refractivity contribution is 7.98. The summed E-state index contributed by atoms with van der Waals surface area (Å²) < 4.78 is 14.7. The van der Waals surface area contributed by atoms with Crippen LogP contribution in [-0.2, 0) is 5.75 Å². The molecule has 0 aliphatic carbocycles. The molecule has 0 radical (unpaired) electrons. The average molecular weight is 442 g/mol. The van der Waals surface area contributed by atoms with Gasteiger partial charge in [-0.3, -0.25) is 0 Å². The zero-order valence-electron chi connectivity index (χ0n) is 17.4. The second kappa shape index (κ2) is 8.43. The summed E-state index contributed by atoms with van der Waals surface area (Å²) in [6.45, 7) is 2.06. The smallest absolute Gasteiger partial charge is 0.210 e. The van der Waals surface area contributed by atoms with Crippen LogP contribution in [0, 0.1) is 12.7 Å². The van der Waals surface area contributed by atoms with Crippen LogP contribution in [0.15, 0.2) is 84.0 Å². The number of thioether (sulfide) groups is 1. The maximum Gasteiger partial charge on any atom is 0.210 e. The number of aromatic nitrogens is 4. The molecule has 0 spiro atoms. The summed E-state index contributed by atoms with van der Waals surface area (Å²) in [5.74, 6) is 7.34. The number of hydrogen-bond donors (Lipinski definition) is 1. The van der Waals surface area contributed by atoms with Crippen molar-refractivity contribution in [1.82, 2.24) is 19.9 Å². The highest BCUT2D eigenvalue weighted by atomic mass is 32.2. The number of nitrogen functional groups attached to an aromatic ring is 1. The lowest BCUT2D eigenvalue weighted by Crippen LogP contribution is -2.12. The Balaban J connectivity index is 1.54. The molecule has 5 rings (SSSR count). The molecule has 5 aromatic rings. The Bertz CT molecular complexity index is 1390. The molecule has 32 heavy (non-hydrogen) atoms. The Morgan fingerprint density at radius 3 is 2.47 bits per heavy atom. The van der Waals surface area contributed by atoms with E-state index < -0.39 is 0 Å². The lowest BCUT2D eigenvalue weighted by Gasteiger charge is -2.10. The summed E-state index contributed by atoms with van der Waals surface area (Å²) in [6.07, 6.45) is 0. The Labute approximate surface area is 189 Å². The normalized spacial score (nSPS) is 11.2. The Morgan fingerprint density at radius 1 is 0.938 bits per heavy atom. The van der Waals surface area contributed by atoms with Gasteiger partial charge in [0.1, 0.15) is 5.82 Å². The fraction of sp³-hybridized carbons (Fsp3) is 0.0800. The Kier molecular flexibility index (Phi) is 5.33. The molecule has 0 bridgehead atoms. The van der Waals surface area contributed by atoms with E-state index in [-0.39, 0.29) is 5.82 Å². The lowest BCUT2D eigenvalue weighted by atomic mass is 10.0. The average Bonchev–Trinajstić information content (AvgIpc) is 3.18. The minimum atomic E-state index is -0.253. The van der Waals surface area contributed by atoms with Gasteiger partial charge in [-0.25, -0.2) is 14.1 Å². The SMILES string of the molecule is Cc1ccc(-c2cc(-c3nnc(SCc4ccc(F)cc4)n3N)c3ccccc3n2)cc1. The molecule has 0 atom stereocenters. The first-order valence-electron chi connectivity index (χ1n) is 10.1. The van der Waals surface area contributed by atoms with Crippen molar-refractivity contribution in [2.45, 2.75) is 17.8 Å². The van der Waals surface area contributed by atoms with E-state index in [0.717, 1.165) is 33.3 Å². The van der Waals surface area contributed by atoms with E-state index >= 15 is 0 Å². The fourth-order valence-corrected chi connectivity index (χ4v) is 4.33. The van der Waals surface area contributed by atoms with Crippen molar-refractivity contribution in [2.24, 2.45) is 0 Å². The molecule has 5 nitrogen and oxygen atoms in total. The molecule has 0 aliphatic heterocycles. The molecule has 2 heterocycles. The molecular weight excluding hydrogens is 421 g/mol. The van der Waals surface area contributed by atoms with Gasteiger partial charge in [0.15, 0.2) is 5.82 Å². The second-order valence-electron chi connectivity index (χ2n) is 7.53. The van der Waals surface area contributed by atoms with Crippen LogP contribution in [0.25, 0.3) is 33.5 Å². The number of nitrogens with two attached hydrogens (primary N) is 1. The summed E-state index contributed by atoms with van der Waals surface area (Å²) in [5.41, 5.74) is 5.79. The van der Waals surface area contributed by atoms with Gasteiger partial charge in [-0.1, -0.05) is 71.9 Å². The van der Waals surface area contributed by atoms with Gasteiger partial charge in [0.2, 0.25) is 5.16 Å². The number of hydrogen-bond acceptors (Lipinski definition) is 5. The van der Waals surface area contributed by atoms with Crippen LogP contribution in [0.2, 0.25) is 0 Å². The summed E-state index contributed by atoms with van der Waals surface area (Å²) in [4.78, 5) is 4.85. The summed E-state index contributed by atoms with van der Waals surface area (Å²) in [5, 5.41) is 10.2. The zero-order valence-corrected chi connectivity index (χ0v) is 18.2. The highest BCUT2D eigenvalue weighted by Gasteiger charge is 2.17. The summed E-state index contributed by atoms with van der Waals surface area (Å²) in [7, 11) is 0. The van der Waals surface area contributed by atoms with Crippen molar-refractivity contribution in [1.29, 1.82) is 0 Å². The molecule has 2 aromatic heterocycles. The topological polar surface area (TPSA) is 69.6 Å². The number of benzene rings is 3. The van der Waals surface area contributed by atoms with Crippen LogP contribution < -0.4 is 5.84 Å². The van der Waals surface area contributed by atoms with Crippen LogP contribution in [0.4, 0.5) is 4.39 Å². The van der Waals surface area contributed by atoms with Crippen molar-refractivity contribution in [3.8, 4) is 22.6 Å². The van der Waals surface area contributed by atoms with Crippen LogP contribution in [-0.4, -0.2) is 19.9 Å². The third-order valence-corrected chi connectivity index (χ3v) is 6.26. The predicted molar refractivity (Wildman–Crippen MR) is 127 cm³/mol. The van der Waals surface area contributed by atoms with Gasteiger partial charge in [-0.15, -0.1) is 10.2 Å². The first-order valence-corrected chi connectivity index (χ1v) is 11.1.